The van der Waals surface area contributed by atoms with Crippen molar-refractivity contribution in [3.05, 3.63) is 52.8 Å². The normalized spacial score (nSPS) is 12.6. The molecule has 3 rings (SSSR count). The van der Waals surface area contributed by atoms with Crippen LogP contribution in [0.5, 0.6) is 11.5 Å². The monoisotopic (exact) mass is 366 g/mol. The average Bonchev–Trinajstić information content (AvgIpc) is 3.03. The zero-order chi connectivity index (χ0) is 16.9. The van der Waals surface area contributed by atoms with Crippen molar-refractivity contribution in [3.8, 4) is 11.5 Å². The van der Waals surface area contributed by atoms with Gasteiger partial charge in [-0.2, -0.15) is 5.10 Å². The van der Waals surface area contributed by atoms with E-state index in [0.29, 0.717) is 27.0 Å². The molecule has 24 heavy (non-hydrogen) atoms. The van der Waals surface area contributed by atoms with Gasteiger partial charge in [-0.15, -0.1) is 11.8 Å². The molecule has 1 aliphatic heterocycles. The van der Waals surface area contributed by atoms with Crippen LogP contribution in [-0.4, -0.2) is 24.7 Å². The second kappa shape index (κ2) is 7.55. The fourth-order valence-electron chi connectivity index (χ4n) is 1.98. The molecule has 1 aliphatic rings. The Morgan fingerprint density at radius 3 is 3.04 bits per heavy atom. The molecule has 0 aromatic heterocycles. The molecule has 124 valence electrons. The molecular formula is C16H12ClFN2O3S. The number of hydrazone groups is 1. The number of nitrogens with one attached hydrogen (secondary N) is 1. The van der Waals surface area contributed by atoms with Gasteiger partial charge in [0, 0.05) is 4.90 Å². The smallest absolute Gasteiger partial charge is 0.250 e. The van der Waals surface area contributed by atoms with Crippen molar-refractivity contribution in [2.75, 3.05) is 12.5 Å². The third-order valence-electron chi connectivity index (χ3n) is 3.05. The minimum atomic E-state index is -0.353. The van der Waals surface area contributed by atoms with Crippen LogP contribution >= 0.6 is 23.4 Å². The standard InChI is InChI=1S/C16H12ClFN2O3S/c17-11-5-10(6-13-16(11)23-9-22-13)7-19-20-15(21)8-24-14-4-2-1-3-12(14)18/h1-7H,8-9H2,(H,20,21)/b19-7-. The van der Waals surface area contributed by atoms with Gasteiger partial charge < -0.3 is 9.47 Å². The first kappa shape index (κ1) is 16.6. The minimum Gasteiger partial charge on any atom is -0.454 e. The summed E-state index contributed by atoms with van der Waals surface area (Å²) in [5.74, 6) is 0.393. The summed E-state index contributed by atoms with van der Waals surface area (Å²) in [7, 11) is 0. The highest BCUT2D eigenvalue weighted by atomic mass is 35.5. The molecule has 0 spiro atoms. The van der Waals surface area contributed by atoms with Gasteiger partial charge in [-0.25, -0.2) is 9.82 Å². The van der Waals surface area contributed by atoms with Crippen LogP contribution in [0.15, 0.2) is 46.4 Å². The summed E-state index contributed by atoms with van der Waals surface area (Å²) < 4.78 is 23.9. The van der Waals surface area contributed by atoms with E-state index in [0.717, 1.165) is 11.8 Å². The molecule has 1 heterocycles. The number of ether oxygens (including phenoxy) is 2. The van der Waals surface area contributed by atoms with Crippen LogP contribution < -0.4 is 14.9 Å². The molecule has 0 unspecified atom stereocenters. The molecule has 1 N–H and O–H groups in total. The molecule has 2 aromatic rings. The Morgan fingerprint density at radius 2 is 2.21 bits per heavy atom. The van der Waals surface area contributed by atoms with Crippen molar-refractivity contribution in [3.63, 3.8) is 0 Å². The van der Waals surface area contributed by atoms with E-state index in [2.05, 4.69) is 10.5 Å². The number of thioether (sulfide) groups is 1. The first-order valence-electron chi connectivity index (χ1n) is 6.92. The third kappa shape index (κ3) is 3.98. The molecule has 0 fully saturated rings. The quantitative estimate of drug-likeness (QED) is 0.500. The van der Waals surface area contributed by atoms with Gasteiger partial charge in [0.2, 0.25) is 12.7 Å². The Labute approximate surface area is 146 Å². The van der Waals surface area contributed by atoms with Gasteiger partial charge in [-0.3, -0.25) is 4.79 Å². The molecule has 0 aliphatic carbocycles. The van der Waals surface area contributed by atoms with Gasteiger partial charge in [-0.1, -0.05) is 23.7 Å². The lowest BCUT2D eigenvalue weighted by Gasteiger charge is -2.02. The van der Waals surface area contributed by atoms with E-state index in [1.807, 2.05) is 0 Å². The number of benzene rings is 2. The zero-order valence-corrected chi connectivity index (χ0v) is 13.9. The van der Waals surface area contributed by atoms with Gasteiger partial charge in [-0.05, 0) is 29.8 Å². The van der Waals surface area contributed by atoms with Crippen LogP contribution in [0.3, 0.4) is 0 Å². The highest BCUT2D eigenvalue weighted by Crippen LogP contribution is 2.39. The fourth-order valence-corrected chi connectivity index (χ4v) is 2.98. The molecule has 0 saturated heterocycles. The Bertz CT molecular complexity index is 801. The van der Waals surface area contributed by atoms with Crippen LogP contribution in [0.1, 0.15) is 5.56 Å². The molecular weight excluding hydrogens is 355 g/mol. The number of nitrogens with zero attached hydrogens (tertiary/aromatic N) is 1. The number of carbonyl (C=O) groups excluding carboxylic acids is 1. The van der Waals surface area contributed by atoms with E-state index in [9.17, 15) is 9.18 Å². The number of carbonyl (C=O) groups is 1. The lowest BCUT2D eigenvalue weighted by atomic mass is 10.2. The van der Waals surface area contributed by atoms with Gasteiger partial charge in [0.1, 0.15) is 5.82 Å². The van der Waals surface area contributed by atoms with Crippen LogP contribution in [-0.2, 0) is 4.79 Å². The Hall–Kier alpha value is -2.25. The topological polar surface area (TPSA) is 59.9 Å². The summed E-state index contributed by atoms with van der Waals surface area (Å²) in [6, 6.07) is 9.63. The largest absolute Gasteiger partial charge is 0.454 e. The van der Waals surface area contributed by atoms with Gasteiger partial charge in [0.15, 0.2) is 11.5 Å². The maximum atomic E-state index is 13.4. The molecule has 2 aromatic carbocycles. The van der Waals surface area contributed by atoms with E-state index in [4.69, 9.17) is 21.1 Å². The SMILES string of the molecule is O=C(CSc1ccccc1F)N/N=C\c1cc(Cl)c2c(c1)OCO2. The molecule has 0 radical (unpaired) electrons. The predicted octanol–water partition coefficient (Wildman–Crippen LogP) is 3.45. The lowest BCUT2D eigenvalue weighted by molar-refractivity contribution is -0.118. The van der Waals surface area contributed by atoms with E-state index >= 15 is 0 Å². The van der Waals surface area contributed by atoms with Crippen molar-refractivity contribution in [1.82, 2.24) is 5.43 Å². The van der Waals surface area contributed by atoms with Crippen LogP contribution in [0.25, 0.3) is 0 Å². The summed E-state index contributed by atoms with van der Waals surface area (Å²) in [5, 5.41) is 4.27. The molecule has 5 nitrogen and oxygen atoms in total. The average molecular weight is 367 g/mol. The summed E-state index contributed by atoms with van der Waals surface area (Å²) in [5.41, 5.74) is 3.04. The van der Waals surface area contributed by atoms with Crippen LogP contribution in [0.4, 0.5) is 4.39 Å². The van der Waals surface area contributed by atoms with E-state index in [1.54, 1.807) is 30.3 Å². The molecule has 1 amide bonds. The maximum absolute atomic E-state index is 13.4. The van der Waals surface area contributed by atoms with Crippen molar-refractivity contribution in [1.29, 1.82) is 0 Å². The van der Waals surface area contributed by atoms with Crippen molar-refractivity contribution in [2.24, 2.45) is 5.10 Å². The lowest BCUT2D eigenvalue weighted by Crippen LogP contribution is -2.19. The summed E-state index contributed by atoms with van der Waals surface area (Å²) in [4.78, 5) is 12.1. The first-order chi connectivity index (χ1) is 11.6. The van der Waals surface area contributed by atoms with E-state index in [-0.39, 0.29) is 24.3 Å². The summed E-state index contributed by atoms with van der Waals surface area (Å²) >= 11 is 7.16. The van der Waals surface area contributed by atoms with Crippen LogP contribution in [0, 0.1) is 5.82 Å². The van der Waals surface area contributed by atoms with Crippen molar-refractivity contribution < 1.29 is 18.7 Å². The number of rotatable bonds is 5. The number of halogens is 2. The molecule has 0 atom stereocenters. The highest BCUT2D eigenvalue weighted by molar-refractivity contribution is 8.00. The molecule has 0 saturated carbocycles. The zero-order valence-electron chi connectivity index (χ0n) is 12.3. The highest BCUT2D eigenvalue weighted by Gasteiger charge is 2.17. The minimum absolute atomic E-state index is 0.0557. The third-order valence-corrected chi connectivity index (χ3v) is 4.38. The Kier molecular flexibility index (Phi) is 5.22. The van der Waals surface area contributed by atoms with Gasteiger partial charge in [0.05, 0.1) is 17.0 Å². The number of hydrogen-bond acceptors (Lipinski definition) is 5. The van der Waals surface area contributed by atoms with Crippen molar-refractivity contribution >= 4 is 35.5 Å². The number of amides is 1. The fraction of sp³-hybridized carbons (Fsp3) is 0.125. The van der Waals surface area contributed by atoms with Gasteiger partial charge >= 0.3 is 0 Å². The second-order valence-electron chi connectivity index (χ2n) is 4.75. The molecule has 8 heteroatoms. The second-order valence-corrected chi connectivity index (χ2v) is 6.17. The van der Waals surface area contributed by atoms with Crippen molar-refractivity contribution in [2.45, 2.75) is 4.90 Å². The van der Waals surface area contributed by atoms with E-state index in [1.165, 1.54) is 12.3 Å². The number of fused-ring (bicyclic) bond motifs is 1. The van der Waals surface area contributed by atoms with E-state index < -0.39 is 0 Å². The summed E-state index contributed by atoms with van der Waals surface area (Å²) in [6.07, 6.45) is 1.44. The van der Waals surface area contributed by atoms with Gasteiger partial charge in [0.25, 0.3) is 0 Å². The first-order valence-corrected chi connectivity index (χ1v) is 8.28. The predicted molar refractivity (Wildman–Crippen MR) is 90.4 cm³/mol. The number of hydrogen-bond donors (Lipinski definition) is 1. The Morgan fingerprint density at radius 1 is 1.38 bits per heavy atom. The van der Waals surface area contributed by atoms with Crippen LogP contribution in [0.2, 0.25) is 5.02 Å². The summed E-state index contributed by atoms with van der Waals surface area (Å²) in [6.45, 7) is 0.125. The Balaban J connectivity index is 1.54. The maximum Gasteiger partial charge on any atom is 0.250 e. The molecule has 0 bridgehead atoms.